The van der Waals surface area contributed by atoms with E-state index in [2.05, 4.69) is 15.9 Å². The van der Waals surface area contributed by atoms with Crippen molar-refractivity contribution in [2.45, 2.75) is 6.92 Å². The van der Waals surface area contributed by atoms with Crippen molar-refractivity contribution in [1.29, 1.82) is 0 Å². The van der Waals surface area contributed by atoms with E-state index in [0.717, 1.165) is 4.47 Å². The molecule has 0 spiro atoms. The van der Waals surface area contributed by atoms with Gasteiger partial charge < -0.3 is 14.2 Å². The fourth-order valence-corrected chi connectivity index (χ4v) is 2.49. The molecule has 0 aliphatic heterocycles. The summed E-state index contributed by atoms with van der Waals surface area (Å²) in [5.74, 6) is -0.325. The van der Waals surface area contributed by atoms with Gasteiger partial charge >= 0.3 is 11.9 Å². The Bertz CT molecular complexity index is 730. The summed E-state index contributed by atoms with van der Waals surface area (Å²) in [5, 5.41) is 0.385. The summed E-state index contributed by atoms with van der Waals surface area (Å²) in [6.07, 6.45) is 0. The maximum absolute atomic E-state index is 11.8. The molecule has 0 saturated heterocycles. The number of carbonyl (C=O) groups excluding carboxylic acids is 2. The number of rotatable bonds is 6. The first-order valence-electron chi connectivity index (χ1n) is 7.05. The number of benzene rings is 2. The summed E-state index contributed by atoms with van der Waals surface area (Å²) in [4.78, 5) is 23.3. The first-order valence-corrected chi connectivity index (χ1v) is 8.22. The molecule has 0 unspecified atom stereocenters. The van der Waals surface area contributed by atoms with E-state index >= 15 is 0 Å². The minimum atomic E-state index is -0.585. The van der Waals surface area contributed by atoms with Crippen molar-refractivity contribution >= 4 is 39.5 Å². The highest BCUT2D eigenvalue weighted by Crippen LogP contribution is 2.27. The van der Waals surface area contributed by atoms with Gasteiger partial charge in [0.2, 0.25) is 0 Å². The van der Waals surface area contributed by atoms with E-state index < -0.39 is 11.9 Å². The fourth-order valence-electron chi connectivity index (χ4n) is 1.76. The van der Waals surface area contributed by atoms with Crippen molar-refractivity contribution in [3.63, 3.8) is 0 Å². The zero-order chi connectivity index (χ0) is 17.5. The van der Waals surface area contributed by atoms with Crippen LogP contribution in [0.3, 0.4) is 0 Å². The van der Waals surface area contributed by atoms with Crippen LogP contribution < -0.4 is 9.47 Å². The molecule has 0 aromatic heterocycles. The predicted molar refractivity (Wildman–Crippen MR) is 92.7 cm³/mol. The second-order valence-corrected chi connectivity index (χ2v) is 5.91. The number of hydrogen-bond donors (Lipinski definition) is 0. The molecule has 0 heterocycles. The highest BCUT2D eigenvalue weighted by Gasteiger charge is 2.10. The predicted octanol–water partition coefficient (Wildman–Crippen LogP) is 4.26. The van der Waals surface area contributed by atoms with Gasteiger partial charge in [-0.25, -0.2) is 9.59 Å². The van der Waals surface area contributed by atoms with Gasteiger partial charge in [-0.15, -0.1) is 0 Å². The third-order valence-corrected chi connectivity index (χ3v) is 3.63. The summed E-state index contributed by atoms with van der Waals surface area (Å²) in [5.41, 5.74) is 0.384. The standard InChI is InChI=1S/C17H14BrClO5/c1-2-22-17(21)11-3-6-13(7-4-11)24-16(20)10-23-15-8-5-12(18)9-14(15)19/h3-9H,2,10H2,1H3. The molecule has 5 nitrogen and oxygen atoms in total. The molecule has 0 bridgehead atoms. The lowest BCUT2D eigenvalue weighted by atomic mass is 10.2. The second kappa shape index (κ2) is 8.70. The van der Waals surface area contributed by atoms with Crippen molar-refractivity contribution in [1.82, 2.24) is 0 Å². The molecule has 0 aliphatic carbocycles. The molecule has 126 valence electrons. The molecular formula is C17H14BrClO5. The van der Waals surface area contributed by atoms with Gasteiger partial charge in [0.25, 0.3) is 0 Å². The van der Waals surface area contributed by atoms with Gasteiger partial charge in [-0.05, 0) is 49.4 Å². The SMILES string of the molecule is CCOC(=O)c1ccc(OC(=O)COc2ccc(Br)cc2Cl)cc1. The van der Waals surface area contributed by atoms with Gasteiger partial charge in [-0.2, -0.15) is 0 Å². The zero-order valence-corrected chi connectivity index (χ0v) is 15.1. The average Bonchev–Trinajstić information content (AvgIpc) is 2.55. The van der Waals surface area contributed by atoms with Crippen LogP contribution in [0.4, 0.5) is 0 Å². The van der Waals surface area contributed by atoms with Crippen molar-refractivity contribution in [3.8, 4) is 11.5 Å². The Morgan fingerprint density at radius 3 is 2.46 bits per heavy atom. The van der Waals surface area contributed by atoms with Crippen LogP contribution in [-0.2, 0) is 9.53 Å². The smallest absolute Gasteiger partial charge is 0.349 e. The molecule has 24 heavy (non-hydrogen) atoms. The molecular weight excluding hydrogens is 400 g/mol. The van der Waals surface area contributed by atoms with Gasteiger partial charge in [-0.1, -0.05) is 27.5 Å². The number of carbonyl (C=O) groups is 2. The molecule has 2 aromatic rings. The van der Waals surface area contributed by atoms with E-state index in [1.165, 1.54) is 24.3 Å². The highest BCUT2D eigenvalue weighted by molar-refractivity contribution is 9.10. The zero-order valence-electron chi connectivity index (χ0n) is 12.8. The maximum Gasteiger partial charge on any atom is 0.349 e. The molecule has 2 aromatic carbocycles. The maximum atomic E-state index is 11.8. The Morgan fingerprint density at radius 2 is 1.83 bits per heavy atom. The third-order valence-electron chi connectivity index (χ3n) is 2.84. The lowest BCUT2D eigenvalue weighted by Crippen LogP contribution is -2.17. The van der Waals surface area contributed by atoms with Gasteiger partial charge in [-0.3, -0.25) is 0 Å². The molecule has 0 amide bonds. The van der Waals surface area contributed by atoms with Crippen molar-refractivity contribution in [2.24, 2.45) is 0 Å². The Labute approximate surface area is 152 Å². The lowest BCUT2D eigenvalue weighted by Gasteiger charge is -2.09. The summed E-state index contributed by atoms with van der Waals surface area (Å²) in [6.45, 7) is 1.73. The second-order valence-electron chi connectivity index (χ2n) is 4.58. The van der Waals surface area contributed by atoms with Crippen LogP contribution in [0, 0.1) is 0 Å². The first-order chi connectivity index (χ1) is 11.5. The molecule has 0 aliphatic rings. The molecule has 0 N–H and O–H groups in total. The molecule has 7 heteroatoms. The van der Waals surface area contributed by atoms with E-state index in [9.17, 15) is 9.59 Å². The molecule has 0 radical (unpaired) electrons. The van der Waals surface area contributed by atoms with Crippen LogP contribution in [0.25, 0.3) is 0 Å². The first kappa shape index (κ1) is 18.3. The van der Waals surface area contributed by atoms with Gasteiger partial charge in [0.1, 0.15) is 11.5 Å². The quantitative estimate of drug-likeness (QED) is 0.523. The van der Waals surface area contributed by atoms with E-state index in [4.69, 9.17) is 25.8 Å². The van der Waals surface area contributed by atoms with Crippen LogP contribution in [0.5, 0.6) is 11.5 Å². The minimum absolute atomic E-state index is 0.291. The summed E-state index contributed by atoms with van der Waals surface area (Å²) in [6, 6.07) is 11.1. The largest absolute Gasteiger partial charge is 0.480 e. The van der Waals surface area contributed by atoms with Crippen LogP contribution in [-0.4, -0.2) is 25.2 Å². The van der Waals surface area contributed by atoms with Crippen LogP contribution >= 0.6 is 27.5 Å². The minimum Gasteiger partial charge on any atom is -0.480 e. The van der Waals surface area contributed by atoms with E-state index in [-0.39, 0.29) is 6.61 Å². The van der Waals surface area contributed by atoms with Gasteiger partial charge in [0.05, 0.1) is 17.2 Å². The van der Waals surface area contributed by atoms with Crippen LogP contribution in [0.2, 0.25) is 5.02 Å². The summed E-state index contributed by atoms with van der Waals surface area (Å²) in [7, 11) is 0. The van der Waals surface area contributed by atoms with Crippen LogP contribution in [0.15, 0.2) is 46.9 Å². The Hall–Kier alpha value is -2.05. The van der Waals surface area contributed by atoms with Crippen molar-refractivity contribution in [3.05, 3.63) is 57.5 Å². The lowest BCUT2D eigenvalue weighted by molar-refractivity contribution is -0.136. The number of halogens is 2. The molecule has 0 saturated carbocycles. The highest BCUT2D eigenvalue weighted by atomic mass is 79.9. The van der Waals surface area contributed by atoms with E-state index in [1.54, 1.807) is 25.1 Å². The van der Waals surface area contributed by atoms with Crippen LogP contribution in [0.1, 0.15) is 17.3 Å². The Balaban J connectivity index is 1.89. The molecule has 0 fully saturated rings. The van der Waals surface area contributed by atoms with E-state index in [1.807, 2.05) is 0 Å². The van der Waals surface area contributed by atoms with Crippen molar-refractivity contribution in [2.75, 3.05) is 13.2 Å². The van der Waals surface area contributed by atoms with E-state index in [0.29, 0.717) is 28.7 Å². The Morgan fingerprint density at radius 1 is 1.12 bits per heavy atom. The summed E-state index contributed by atoms with van der Waals surface area (Å²) >= 11 is 9.28. The Kier molecular flexibility index (Phi) is 6.63. The number of esters is 2. The number of ether oxygens (including phenoxy) is 3. The molecule has 2 rings (SSSR count). The number of hydrogen-bond acceptors (Lipinski definition) is 5. The summed E-state index contributed by atoms with van der Waals surface area (Å²) < 4.78 is 16.1. The van der Waals surface area contributed by atoms with Gasteiger partial charge in [0, 0.05) is 4.47 Å². The topological polar surface area (TPSA) is 61.8 Å². The van der Waals surface area contributed by atoms with Crippen molar-refractivity contribution < 1.29 is 23.8 Å². The molecule has 0 atom stereocenters. The van der Waals surface area contributed by atoms with Gasteiger partial charge in [0.15, 0.2) is 6.61 Å². The third kappa shape index (κ3) is 5.25. The monoisotopic (exact) mass is 412 g/mol. The normalized spacial score (nSPS) is 10.1. The average molecular weight is 414 g/mol. The fraction of sp³-hybridized carbons (Fsp3) is 0.176.